The summed E-state index contributed by atoms with van der Waals surface area (Å²) in [5, 5.41) is 1.29. The molecule has 0 fully saturated rings. The number of imidazole rings is 1. The number of halogens is 3. The molecule has 349 valence electrons. The molecule has 5 nitrogen and oxygen atoms in total. The first-order valence-electron chi connectivity index (χ1n) is 22.8. The molecule has 0 atom stereocenters. The van der Waals surface area contributed by atoms with E-state index in [1.54, 1.807) is 6.07 Å². The van der Waals surface area contributed by atoms with Gasteiger partial charge in [0.15, 0.2) is 0 Å². The van der Waals surface area contributed by atoms with Crippen LogP contribution in [0.25, 0.3) is 83.6 Å². The van der Waals surface area contributed by atoms with Gasteiger partial charge in [0, 0.05) is 42.9 Å². The first kappa shape index (κ1) is 48.5. The third-order valence-corrected chi connectivity index (χ3v) is 12.3. The van der Waals surface area contributed by atoms with Crippen molar-refractivity contribution in [2.45, 2.75) is 71.9 Å². The molecule has 1 radical (unpaired) electrons. The van der Waals surface area contributed by atoms with Crippen molar-refractivity contribution in [3.8, 4) is 50.6 Å². The van der Waals surface area contributed by atoms with Gasteiger partial charge in [0.25, 0.3) is 5.78 Å². The van der Waals surface area contributed by atoms with Crippen molar-refractivity contribution >= 4 is 38.8 Å². The van der Waals surface area contributed by atoms with Crippen LogP contribution in [-0.4, -0.2) is 26.5 Å². The minimum atomic E-state index is -4.99. The van der Waals surface area contributed by atoms with Crippen LogP contribution >= 0.6 is 0 Å². The maximum absolute atomic E-state index is 13.3. The molecule has 0 spiro atoms. The van der Waals surface area contributed by atoms with Crippen LogP contribution in [0.5, 0.6) is 0 Å². The van der Waals surface area contributed by atoms with E-state index in [9.17, 15) is 18.0 Å². The largest absolute Gasteiger partial charge is 0.501 e. The van der Waals surface area contributed by atoms with Crippen molar-refractivity contribution in [1.82, 2.24) is 14.5 Å². The summed E-state index contributed by atoms with van der Waals surface area (Å²) in [4.78, 5) is 21.7. The second-order valence-corrected chi connectivity index (χ2v) is 18.7. The maximum atomic E-state index is 13.3. The number of carbonyl (C=O) groups is 1. The van der Waals surface area contributed by atoms with Gasteiger partial charge in [-0.15, -0.1) is 54.1 Å². The minimum Gasteiger partial charge on any atom is -0.501 e. The van der Waals surface area contributed by atoms with E-state index in [1.165, 1.54) is 23.3 Å². The normalized spacial score (nSPS) is 11.8. The predicted octanol–water partition coefficient (Wildman–Crippen LogP) is 16.6. The Balaban J connectivity index is 0.000000320. The number of ketones is 1. The topological polar surface area (TPSA) is 60.9 Å². The van der Waals surface area contributed by atoms with Crippen LogP contribution in [0.2, 0.25) is 0 Å². The number of alkyl halides is 3. The Hall–Kier alpha value is -6.93. The number of rotatable bonds is 8. The van der Waals surface area contributed by atoms with Crippen molar-refractivity contribution < 1.29 is 42.5 Å². The van der Waals surface area contributed by atoms with Crippen molar-refractivity contribution in [2.75, 3.05) is 0 Å². The third-order valence-electron chi connectivity index (χ3n) is 12.3. The summed E-state index contributed by atoms with van der Waals surface area (Å²) in [5.41, 5.74) is 13.7. The molecule has 3 heterocycles. The van der Waals surface area contributed by atoms with E-state index < -0.39 is 17.5 Å². The van der Waals surface area contributed by atoms with Crippen molar-refractivity contribution in [1.29, 1.82) is 0 Å². The number of benzene rings is 7. The van der Waals surface area contributed by atoms with E-state index in [0.717, 1.165) is 61.9 Å². The predicted molar refractivity (Wildman–Crippen MR) is 269 cm³/mol. The second-order valence-electron chi connectivity index (χ2n) is 18.7. The molecular formula is C60H50F3IrN3O2-2. The Bertz CT molecular complexity index is 3390. The van der Waals surface area contributed by atoms with Crippen LogP contribution in [0, 0.1) is 12.1 Å². The van der Waals surface area contributed by atoms with Gasteiger partial charge in [-0.05, 0) is 92.2 Å². The smallest absolute Gasteiger partial charge is 0.454 e. The van der Waals surface area contributed by atoms with Gasteiger partial charge in [-0.2, -0.15) is 13.2 Å². The van der Waals surface area contributed by atoms with Crippen LogP contribution in [-0.2, 0) is 25.5 Å². The van der Waals surface area contributed by atoms with Crippen molar-refractivity contribution in [3.63, 3.8) is 0 Å². The standard InChI is InChI=1S/C45H34F3N2O2.C15H16N.Ir/c1-26(2)36-23-32(30-19-17-29(18-20-30)28-11-6-5-7-12-28)24-37(27(3)4)41(36)50-39-16-9-8-15-38(39)49-44(50)35-14-10-13-34-33-22-21-31(43(51)45(46,47)48)25-40(33)52-42(34)35;1-15(2,3)13-9-10-14(16-11-13)12-7-5-4-6-8-12;/h5-13,15-27H,1-4H3;4-7,9-11H,1-3H3;/q2*-1;. The summed E-state index contributed by atoms with van der Waals surface area (Å²) < 4.78 is 48.4. The van der Waals surface area contributed by atoms with Crippen LogP contribution in [0.1, 0.15) is 87.4 Å². The molecule has 69 heavy (non-hydrogen) atoms. The summed E-state index contributed by atoms with van der Waals surface area (Å²) in [6.07, 6.45) is -3.04. The van der Waals surface area contributed by atoms with Crippen LogP contribution in [0.15, 0.2) is 168 Å². The van der Waals surface area contributed by atoms with E-state index in [2.05, 4.69) is 131 Å². The third kappa shape index (κ3) is 9.85. The van der Waals surface area contributed by atoms with E-state index in [1.807, 2.05) is 79.0 Å². The molecule has 10 aromatic rings. The first-order valence-corrected chi connectivity index (χ1v) is 22.8. The second kappa shape index (κ2) is 19.6. The molecule has 0 aliphatic carbocycles. The summed E-state index contributed by atoms with van der Waals surface area (Å²) in [5.74, 6) is -1.04. The Morgan fingerprint density at radius 3 is 1.90 bits per heavy atom. The van der Waals surface area contributed by atoms with Gasteiger partial charge in [-0.25, -0.2) is 0 Å². The van der Waals surface area contributed by atoms with Gasteiger partial charge >= 0.3 is 6.18 Å². The minimum absolute atomic E-state index is 0. The molecule has 0 unspecified atom stereocenters. The number of aromatic nitrogens is 3. The molecule has 0 N–H and O–H groups in total. The number of nitrogens with zero attached hydrogens (tertiary/aromatic N) is 3. The number of pyridine rings is 1. The first-order chi connectivity index (χ1) is 32.6. The summed E-state index contributed by atoms with van der Waals surface area (Å²) >= 11 is 0. The van der Waals surface area contributed by atoms with E-state index in [-0.39, 0.29) is 42.9 Å². The fraction of sp³-hybridized carbons (Fsp3) is 0.183. The van der Waals surface area contributed by atoms with E-state index in [0.29, 0.717) is 27.7 Å². The quantitative estimate of drug-likeness (QED) is 0.112. The van der Waals surface area contributed by atoms with Gasteiger partial charge in [0.2, 0.25) is 0 Å². The van der Waals surface area contributed by atoms with Crippen molar-refractivity contribution in [3.05, 3.63) is 198 Å². The summed E-state index contributed by atoms with van der Waals surface area (Å²) in [6, 6.07) is 57.6. The fourth-order valence-corrected chi connectivity index (χ4v) is 8.65. The molecule has 3 aromatic heterocycles. The van der Waals surface area contributed by atoms with Crippen molar-refractivity contribution in [2.24, 2.45) is 0 Å². The average Bonchev–Trinajstić information content (AvgIpc) is 3.92. The zero-order valence-electron chi connectivity index (χ0n) is 39.4. The molecule has 0 aliphatic rings. The molecule has 0 saturated heterocycles. The van der Waals surface area contributed by atoms with E-state index in [4.69, 9.17) is 9.40 Å². The molecule has 9 heteroatoms. The Kier molecular flexibility index (Phi) is 13.8. The monoisotopic (exact) mass is 1090 g/mol. The fourth-order valence-electron chi connectivity index (χ4n) is 8.65. The zero-order chi connectivity index (χ0) is 47.9. The molecule has 0 amide bonds. The van der Waals surface area contributed by atoms with Crippen LogP contribution in [0.4, 0.5) is 13.2 Å². The Labute approximate surface area is 414 Å². The maximum Gasteiger partial charge on any atom is 0.454 e. The van der Waals surface area contributed by atoms with Gasteiger partial charge in [-0.3, -0.25) is 9.78 Å². The van der Waals surface area contributed by atoms with Gasteiger partial charge in [-0.1, -0.05) is 150 Å². The van der Waals surface area contributed by atoms with Gasteiger partial charge in [0.1, 0.15) is 5.58 Å². The van der Waals surface area contributed by atoms with Gasteiger partial charge < -0.3 is 14.0 Å². The molecule has 0 saturated carbocycles. The molecule has 0 bridgehead atoms. The number of Topliss-reactive ketones (excluding diaryl/α,β-unsaturated/α-hetero) is 1. The Morgan fingerprint density at radius 2 is 1.29 bits per heavy atom. The summed E-state index contributed by atoms with van der Waals surface area (Å²) in [7, 11) is 0. The van der Waals surface area contributed by atoms with Crippen LogP contribution < -0.4 is 0 Å². The number of fused-ring (bicyclic) bond motifs is 4. The van der Waals surface area contributed by atoms with E-state index >= 15 is 0 Å². The van der Waals surface area contributed by atoms with Gasteiger partial charge in [0.05, 0.1) is 22.4 Å². The number of furan rings is 1. The molecular weight excluding hydrogens is 1040 g/mol. The SMILES string of the molecule is CC(C)(C)c1ccc(-c2[c-]cccc2)nc1.CC(C)c1cc(-c2ccc(-c3ccccc3)cc2)cc(C(C)C)c1-n1c(-c2[c-]ccc3c2oc2cc(C(=O)C(F)(F)F)ccc23)nc2ccccc21.[Ir]. The molecule has 10 rings (SSSR count). The molecule has 7 aromatic carbocycles. The van der Waals surface area contributed by atoms with Crippen LogP contribution in [0.3, 0.4) is 0 Å². The average molecular weight is 1090 g/mol. The molecule has 0 aliphatic heterocycles. The zero-order valence-corrected chi connectivity index (χ0v) is 41.8. The number of hydrogen-bond donors (Lipinski definition) is 0. The number of carbonyl (C=O) groups excluding carboxylic acids is 1. The number of hydrogen-bond acceptors (Lipinski definition) is 4. The number of para-hydroxylation sites is 2. The summed E-state index contributed by atoms with van der Waals surface area (Å²) in [6.45, 7) is 15.3. The Morgan fingerprint density at radius 1 is 0.652 bits per heavy atom.